The summed E-state index contributed by atoms with van der Waals surface area (Å²) in [6.45, 7) is 4.59. The second kappa shape index (κ2) is 6.93. The van der Waals surface area contributed by atoms with Crippen molar-refractivity contribution in [1.82, 2.24) is 0 Å². The highest BCUT2D eigenvalue weighted by Gasteiger charge is 2.21. The van der Waals surface area contributed by atoms with Crippen LogP contribution >= 0.6 is 0 Å². The summed E-state index contributed by atoms with van der Waals surface area (Å²) in [6, 6.07) is 0. The van der Waals surface area contributed by atoms with Crippen LogP contribution in [0.4, 0.5) is 0 Å². The number of carbonyl (C=O) groups is 1. The van der Waals surface area contributed by atoms with Gasteiger partial charge in [0, 0.05) is 6.42 Å². The Morgan fingerprint density at radius 1 is 1.19 bits per heavy atom. The van der Waals surface area contributed by atoms with Gasteiger partial charge in [-0.1, -0.05) is 46.0 Å². The van der Waals surface area contributed by atoms with Crippen LogP contribution < -0.4 is 5.73 Å². The second-order valence-electron chi connectivity index (χ2n) is 5.88. The Balaban J connectivity index is 2.10. The van der Waals surface area contributed by atoms with Crippen LogP contribution in [0, 0.1) is 17.8 Å². The van der Waals surface area contributed by atoms with Gasteiger partial charge in [-0.25, -0.2) is 0 Å². The molecule has 0 bridgehead atoms. The molecule has 0 aromatic carbocycles. The molecule has 2 heteroatoms. The van der Waals surface area contributed by atoms with E-state index in [4.69, 9.17) is 5.73 Å². The highest BCUT2D eigenvalue weighted by molar-refractivity contribution is 5.73. The number of carbonyl (C=O) groups excluding carboxylic acids is 1. The Hall–Kier alpha value is -0.530. The first-order chi connectivity index (χ1) is 7.58. The fraction of sp³-hybridized carbons (Fsp3) is 0.929. The van der Waals surface area contributed by atoms with Crippen LogP contribution in [-0.4, -0.2) is 5.91 Å². The van der Waals surface area contributed by atoms with E-state index >= 15 is 0 Å². The molecule has 0 saturated heterocycles. The molecule has 1 rings (SSSR count). The molecule has 2 nitrogen and oxygen atoms in total. The highest BCUT2D eigenvalue weighted by atomic mass is 16.1. The molecule has 0 aromatic rings. The Morgan fingerprint density at radius 2 is 1.75 bits per heavy atom. The van der Waals surface area contributed by atoms with Crippen LogP contribution in [0.25, 0.3) is 0 Å². The Kier molecular flexibility index (Phi) is 5.86. The lowest BCUT2D eigenvalue weighted by atomic mass is 9.78. The van der Waals surface area contributed by atoms with Gasteiger partial charge in [0.15, 0.2) is 0 Å². The largest absolute Gasteiger partial charge is 0.370 e. The van der Waals surface area contributed by atoms with Gasteiger partial charge in [0.25, 0.3) is 0 Å². The van der Waals surface area contributed by atoms with Gasteiger partial charge in [0.1, 0.15) is 0 Å². The maximum Gasteiger partial charge on any atom is 0.217 e. The predicted molar refractivity (Wildman–Crippen MR) is 67.9 cm³/mol. The van der Waals surface area contributed by atoms with E-state index in [1.165, 1.54) is 44.9 Å². The lowest BCUT2D eigenvalue weighted by molar-refractivity contribution is -0.119. The number of amides is 1. The molecule has 0 unspecified atom stereocenters. The molecule has 2 N–H and O–H groups in total. The van der Waals surface area contributed by atoms with Crippen molar-refractivity contribution in [1.29, 1.82) is 0 Å². The molecule has 0 spiro atoms. The minimum atomic E-state index is -0.122. The Labute approximate surface area is 100.0 Å². The van der Waals surface area contributed by atoms with Crippen molar-refractivity contribution in [2.45, 2.75) is 65.2 Å². The molecule has 1 amide bonds. The van der Waals surface area contributed by atoms with Gasteiger partial charge < -0.3 is 5.73 Å². The summed E-state index contributed by atoms with van der Waals surface area (Å²) in [4.78, 5) is 10.8. The Morgan fingerprint density at radius 3 is 2.25 bits per heavy atom. The number of hydrogen-bond acceptors (Lipinski definition) is 1. The molecule has 0 aliphatic heterocycles. The molecule has 0 heterocycles. The molecule has 1 aliphatic carbocycles. The standard InChI is InChI=1S/C14H27NO/c1-11(2)4-3-5-12-6-8-13(9-7-12)10-14(15)16/h11-13H,3-10H2,1-2H3,(H2,15,16)/t12-,13+. The summed E-state index contributed by atoms with van der Waals surface area (Å²) in [5.41, 5.74) is 5.23. The normalized spacial score (nSPS) is 25.9. The third-order valence-electron chi connectivity index (χ3n) is 3.85. The predicted octanol–water partition coefficient (Wildman–Crippen LogP) is 3.49. The maximum absolute atomic E-state index is 10.8. The van der Waals surface area contributed by atoms with Crippen LogP contribution in [0.2, 0.25) is 0 Å². The van der Waals surface area contributed by atoms with Crippen LogP contribution in [0.1, 0.15) is 65.2 Å². The molecule has 1 aliphatic rings. The minimum Gasteiger partial charge on any atom is -0.370 e. The van der Waals surface area contributed by atoms with Gasteiger partial charge in [-0.3, -0.25) is 4.79 Å². The average Bonchev–Trinajstić information content (AvgIpc) is 2.19. The quantitative estimate of drug-likeness (QED) is 0.738. The first kappa shape index (κ1) is 13.5. The number of primary amides is 1. The molecule has 16 heavy (non-hydrogen) atoms. The van der Waals surface area contributed by atoms with Gasteiger partial charge in [-0.2, -0.15) is 0 Å². The van der Waals surface area contributed by atoms with Crippen molar-refractivity contribution in [2.75, 3.05) is 0 Å². The maximum atomic E-state index is 10.8. The third-order valence-corrected chi connectivity index (χ3v) is 3.85. The highest BCUT2D eigenvalue weighted by Crippen LogP contribution is 2.33. The second-order valence-corrected chi connectivity index (χ2v) is 5.88. The van der Waals surface area contributed by atoms with Crippen molar-refractivity contribution in [2.24, 2.45) is 23.5 Å². The SMILES string of the molecule is CC(C)CCC[C@H]1CC[C@@H](CC(N)=O)CC1. The molecule has 1 fully saturated rings. The van der Waals surface area contributed by atoms with Gasteiger partial charge in [-0.15, -0.1) is 0 Å². The van der Waals surface area contributed by atoms with E-state index in [0.29, 0.717) is 12.3 Å². The van der Waals surface area contributed by atoms with Crippen LogP contribution in [-0.2, 0) is 4.79 Å². The lowest BCUT2D eigenvalue weighted by Gasteiger charge is -2.27. The first-order valence-electron chi connectivity index (χ1n) is 6.86. The van der Waals surface area contributed by atoms with Crippen molar-refractivity contribution >= 4 is 5.91 Å². The summed E-state index contributed by atoms with van der Waals surface area (Å²) >= 11 is 0. The summed E-state index contributed by atoms with van der Waals surface area (Å²) in [6.07, 6.45) is 9.81. The smallest absolute Gasteiger partial charge is 0.217 e. The molecule has 0 aromatic heterocycles. The first-order valence-corrected chi connectivity index (χ1v) is 6.86. The number of nitrogens with two attached hydrogens (primary N) is 1. The van der Waals surface area contributed by atoms with E-state index in [-0.39, 0.29) is 5.91 Å². The monoisotopic (exact) mass is 225 g/mol. The van der Waals surface area contributed by atoms with E-state index in [1.54, 1.807) is 0 Å². The number of hydrogen-bond donors (Lipinski definition) is 1. The summed E-state index contributed by atoms with van der Waals surface area (Å²) in [5.74, 6) is 2.22. The van der Waals surface area contributed by atoms with Crippen molar-refractivity contribution in [3.63, 3.8) is 0 Å². The topological polar surface area (TPSA) is 43.1 Å². The van der Waals surface area contributed by atoms with Crippen molar-refractivity contribution in [3.05, 3.63) is 0 Å². The summed E-state index contributed by atoms with van der Waals surface area (Å²) in [7, 11) is 0. The van der Waals surface area contributed by atoms with Crippen molar-refractivity contribution < 1.29 is 4.79 Å². The molecule has 0 atom stereocenters. The molecule has 1 saturated carbocycles. The zero-order valence-corrected chi connectivity index (χ0v) is 10.9. The van der Waals surface area contributed by atoms with Crippen molar-refractivity contribution in [3.8, 4) is 0 Å². The van der Waals surface area contributed by atoms with Gasteiger partial charge in [0.2, 0.25) is 5.91 Å². The van der Waals surface area contributed by atoms with Gasteiger partial charge in [0.05, 0.1) is 0 Å². The van der Waals surface area contributed by atoms with Crippen LogP contribution in [0.5, 0.6) is 0 Å². The molecular formula is C14H27NO. The summed E-state index contributed by atoms with van der Waals surface area (Å²) in [5, 5.41) is 0. The average molecular weight is 225 g/mol. The van der Waals surface area contributed by atoms with E-state index in [1.807, 2.05) is 0 Å². The Bertz CT molecular complexity index is 205. The zero-order chi connectivity index (χ0) is 12.0. The van der Waals surface area contributed by atoms with Crippen LogP contribution in [0.3, 0.4) is 0 Å². The molecule has 0 radical (unpaired) electrons. The fourth-order valence-corrected chi connectivity index (χ4v) is 2.82. The lowest BCUT2D eigenvalue weighted by Crippen LogP contribution is -2.21. The third kappa shape index (κ3) is 5.53. The van der Waals surface area contributed by atoms with E-state index in [0.717, 1.165) is 11.8 Å². The molecule has 94 valence electrons. The fourth-order valence-electron chi connectivity index (χ4n) is 2.82. The van der Waals surface area contributed by atoms with E-state index < -0.39 is 0 Å². The van der Waals surface area contributed by atoms with E-state index in [9.17, 15) is 4.79 Å². The van der Waals surface area contributed by atoms with Gasteiger partial charge >= 0.3 is 0 Å². The molecular weight excluding hydrogens is 198 g/mol. The number of rotatable bonds is 6. The van der Waals surface area contributed by atoms with Gasteiger partial charge in [-0.05, 0) is 30.6 Å². The van der Waals surface area contributed by atoms with E-state index in [2.05, 4.69) is 13.8 Å². The zero-order valence-electron chi connectivity index (χ0n) is 10.9. The summed E-state index contributed by atoms with van der Waals surface area (Å²) < 4.78 is 0. The minimum absolute atomic E-state index is 0.122. The van der Waals surface area contributed by atoms with Crippen LogP contribution in [0.15, 0.2) is 0 Å².